The number of methoxy groups -OCH3 is 2. The Morgan fingerprint density at radius 3 is 2.52 bits per heavy atom. The van der Waals surface area contributed by atoms with Gasteiger partial charge in [-0.25, -0.2) is 4.79 Å². The molecule has 2 heterocycles. The van der Waals surface area contributed by atoms with Gasteiger partial charge < -0.3 is 43.7 Å². The Labute approximate surface area is 249 Å². The van der Waals surface area contributed by atoms with Gasteiger partial charge in [0, 0.05) is 39.3 Å². The van der Waals surface area contributed by atoms with Crippen molar-refractivity contribution in [3.05, 3.63) is 59.2 Å². The number of fused-ring (bicyclic) bond motifs is 1. The molecule has 2 aliphatic rings. The van der Waals surface area contributed by atoms with Crippen molar-refractivity contribution in [2.45, 2.75) is 63.6 Å². The molecule has 2 N–H and O–H groups in total. The zero-order chi connectivity index (χ0) is 29.9. The van der Waals surface area contributed by atoms with E-state index in [0.29, 0.717) is 52.5 Å². The molecule has 0 aliphatic carbocycles. The maximum absolute atomic E-state index is 12.2. The molecule has 2 aliphatic heterocycles. The monoisotopic (exact) mass is 586 g/mol. The van der Waals surface area contributed by atoms with Crippen LogP contribution in [0.2, 0.25) is 0 Å². The number of carboxylic acid groups (broad SMARTS) is 1. The fourth-order valence-corrected chi connectivity index (χ4v) is 5.85. The number of hydrogen-bond donors (Lipinski definition) is 2. The second kappa shape index (κ2) is 16.1. The van der Waals surface area contributed by atoms with Crippen molar-refractivity contribution in [2.75, 3.05) is 65.2 Å². The number of carbonyl (C=O) groups is 1. The van der Waals surface area contributed by atoms with Crippen molar-refractivity contribution in [3.8, 4) is 5.75 Å². The molecule has 0 radical (unpaired) electrons. The zero-order valence-corrected chi connectivity index (χ0v) is 25.1. The van der Waals surface area contributed by atoms with E-state index in [1.807, 2.05) is 24.3 Å². The summed E-state index contributed by atoms with van der Waals surface area (Å²) in [6.07, 6.45) is -0.0705. The SMILES string of the molecule is COCCCN1CCOc2ccc(CO[C@H]3CN(C(=O)O)[C@@H](CC(C)O)C[C@@H]3c3ccc(COCCOC)cc3)cc21. The number of aliphatic hydroxyl groups is 1. The number of piperidine rings is 1. The first-order valence-electron chi connectivity index (χ1n) is 14.8. The van der Waals surface area contributed by atoms with E-state index in [4.69, 9.17) is 23.7 Å². The number of hydrogen-bond acceptors (Lipinski definition) is 8. The lowest BCUT2D eigenvalue weighted by Crippen LogP contribution is -2.52. The first-order valence-corrected chi connectivity index (χ1v) is 14.8. The molecule has 2 aromatic rings. The number of ether oxygens (including phenoxy) is 5. The average Bonchev–Trinajstić information content (AvgIpc) is 2.98. The minimum Gasteiger partial charge on any atom is -0.490 e. The molecule has 0 bridgehead atoms. The molecule has 0 spiro atoms. The fraction of sp³-hybridized carbons (Fsp3) is 0.594. The highest BCUT2D eigenvalue weighted by atomic mass is 16.5. The van der Waals surface area contributed by atoms with Gasteiger partial charge in [-0.15, -0.1) is 0 Å². The largest absolute Gasteiger partial charge is 0.490 e. The topological polar surface area (TPSA) is 110 Å². The average molecular weight is 587 g/mol. The molecule has 10 nitrogen and oxygen atoms in total. The van der Waals surface area contributed by atoms with Crippen molar-refractivity contribution < 1.29 is 38.7 Å². The summed E-state index contributed by atoms with van der Waals surface area (Å²) in [6.45, 7) is 6.91. The van der Waals surface area contributed by atoms with E-state index in [0.717, 1.165) is 47.6 Å². The zero-order valence-electron chi connectivity index (χ0n) is 25.1. The third-order valence-corrected chi connectivity index (χ3v) is 7.98. The van der Waals surface area contributed by atoms with Crippen LogP contribution in [0, 0.1) is 0 Å². The van der Waals surface area contributed by atoms with E-state index in [1.54, 1.807) is 21.1 Å². The molecule has 42 heavy (non-hydrogen) atoms. The predicted octanol–water partition coefficient (Wildman–Crippen LogP) is 4.28. The van der Waals surface area contributed by atoms with Crippen LogP contribution in [-0.4, -0.2) is 99.7 Å². The predicted molar refractivity (Wildman–Crippen MR) is 159 cm³/mol. The number of benzene rings is 2. The Hall–Kier alpha value is -2.89. The third kappa shape index (κ3) is 8.81. The summed E-state index contributed by atoms with van der Waals surface area (Å²) in [5.74, 6) is 0.835. The number of likely N-dealkylation sites (tertiary alicyclic amines) is 1. The smallest absolute Gasteiger partial charge is 0.407 e. The van der Waals surface area contributed by atoms with Crippen molar-refractivity contribution in [1.29, 1.82) is 0 Å². The van der Waals surface area contributed by atoms with E-state index < -0.39 is 12.2 Å². The maximum atomic E-state index is 12.2. The van der Waals surface area contributed by atoms with Crippen LogP contribution in [0.15, 0.2) is 42.5 Å². The normalized spacial score (nSPS) is 21.1. The highest BCUT2D eigenvalue weighted by molar-refractivity contribution is 5.66. The summed E-state index contributed by atoms with van der Waals surface area (Å²) in [6, 6.07) is 14.1. The van der Waals surface area contributed by atoms with Crippen LogP contribution >= 0.6 is 0 Å². The molecular formula is C32H46N2O8. The molecule has 2 aromatic carbocycles. The van der Waals surface area contributed by atoms with Gasteiger partial charge in [0.15, 0.2) is 0 Å². The van der Waals surface area contributed by atoms with Crippen molar-refractivity contribution in [3.63, 3.8) is 0 Å². The van der Waals surface area contributed by atoms with Gasteiger partial charge in [-0.1, -0.05) is 30.3 Å². The van der Waals surface area contributed by atoms with E-state index in [1.165, 1.54) is 4.90 Å². The Balaban J connectivity index is 1.50. The van der Waals surface area contributed by atoms with Crippen LogP contribution in [0.3, 0.4) is 0 Å². The van der Waals surface area contributed by atoms with Crippen molar-refractivity contribution in [2.24, 2.45) is 0 Å². The molecule has 1 saturated heterocycles. The first kappa shape index (κ1) is 32.0. The lowest BCUT2D eigenvalue weighted by Gasteiger charge is -2.43. The van der Waals surface area contributed by atoms with Crippen molar-refractivity contribution >= 4 is 11.8 Å². The van der Waals surface area contributed by atoms with Crippen LogP contribution in [-0.2, 0) is 32.2 Å². The molecule has 1 unspecified atom stereocenters. The molecule has 232 valence electrons. The highest BCUT2D eigenvalue weighted by Crippen LogP contribution is 2.37. The van der Waals surface area contributed by atoms with Crippen molar-refractivity contribution in [1.82, 2.24) is 4.90 Å². The molecule has 1 fully saturated rings. The van der Waals surface area contributed by atoms with E-state index in [9.17, 15) is 15.0 Å². The van der Waals surface area contributed by atoms with Gasteiger partial charge in [0.25, 0.3) is 0 Å². The molecular weight excluding hydrogens is 540 g/mol. The number of nitrogens with zero attached hydrogens (tertiary/aromatic N) is 2. The highest BCUT2D eigenvalue weighted by Gasteiger charge is 2.39. The van der Waals surface area contributed by atoms with Crippen LogP contribution < -0.4 is 9.64 Å². The van der Waals surface area contributed by atoms with Gasteiger partial charge >= 0.3 is 6.09 Å². The van der Waals surface area contributed by atoms with Gasteiger partial charge in [-0.05, 0) is 55.0 Å². The molecule has 1 amide bonds. The second-order valence-electron chi connectivity index (χ2n) is 11.1. The molecule has 0 aromatic heterocycles. The van der Waals surface area contributed by atoms with E-state index in [-0.39, 0.29) is 24.6 Å². The molecule has 0 saturated carbocycles. The minimum absolute atomic E-state index is 0.0284. The summed E-state index contributed by atoms with van der Waals surface area (Å²) >= 11 is 0. The van der Waals surface area contributed by atoms with Gasteiger partial charge in [0.05, 0.1) is 57.4 Å². The summed E-state index contributed by atoms with van der Waals surface area (Å²) in [5.41, 5.74) is 4.20. The Morgan fingerprint density at radius 2 is 1.81 bits per heavy atom. The maximum Gasteiger partial charge on any atom is 0.407 e. The summed E-state index contributed by atoms with van der Waals surface area (Å²) < 4.78 is 28.4. The standard InChI is InChI=1S/C32H46N2O8/c1-23(35)17-27-19-28(26-8-5-24(6-9-26)21-40-16-15-39-3)31(20-34(27)32(36)37)42-22-25-7-10-30-29(18-25)33(12-14-41-30)11-4-13-38-2/h5-10,18,23,27-28,31,35H,4,11-17,19-22H2,1-3H3,(H,36,37)/t23?,27-,28+,31-/m0/s1. The fourth-order valence-electron chi connectivity index (χ4n) is 5.85. The lowest BCUT2D eigenvalue weighted by atomic mass is 9.81. The van der Waals surface area contributed by atoms with Gasteiger partial charge in [0.1, 0.15) is 12.4 Å². The third-order valence-electron chi connectivity index (χ3n) is 7.98. The lowest BCUT2D eigenvalue weighted by molar-refractivity contribution is -0.0424. The Morgan fingerprint density at radius 1 is 1.05 bits per heavy atom. The number of rotatable bonds is 15. The molecule has 4 rings (SSSR count). The van der Waals surface area contributed by atoms with Gasteiger partial charge in [-0.2, -0.15) is 0 Å². The summed E-state index contributed by atoms with van der Waals surface area (Å²) in [5, 5.41) is 20.2. The van der Waals surface area contributed by atoms with Crippen LogP contribution in [0.25, 0.3) is 0 Å². The number of amides is 1. The number of aliphatic hydroxyl groups excluding tert-OH is 1. The number of anilines is 1. The van der Waals surface area contributed by atoms with Gasteiger partial charge in [-0.3, -0.25) is 0 Å². The second-order valence-corrected chi connectivity index (χ2v) is 11.1. The summed E-state index contributed by atoms with van der Waals surface area (Å²) in [4.78, 5) is 16.0. The quantitative estimate of drug-likeness (QED) is 0.296. The van der Waals surface area contributed by atoms with Crippen LogP contribution in [0.5, 0.6) is 5.75 Å². The van der Waals surface area contributed by atoms with Crippen LogP contribution in [0.4, 0.5) is 10.5 Å². The molecule has 10 heteroatoms. The first-order chi connectivity index (χ1) is 20.4. The van der Waals surface area contributed by atoms with Gasteiger partial charge in [0.2, 0.25) is 0 Å². The Bertz CT molecular complexity index is 1110. The minimum atomic E-state index is -0.992. The van der Waals surface area contributed by atoms with Crippen LogP contribution in [0.1, 0.15) is 48.8 Å². The van der Waals surface area contributed by atoms with E-state index in [2.05, 4.69) is 23.1 Å². The Kier molecular flexibility index (Phi) is 12.3. The summed E-state index contributed by atoms with van der Waals surface area (Å²) in [7, 11) is 3.36. The molecule has 4 atom stereocenters. The van der Waals surface area contributed by atoms with E-state index >= 15 is 0 Å².